The Morgan fingerprint density at radius 3 is 1.84 bits per heavy atom. The fraction of sp³-hybridized carbons (Fsp3) is 0.0909. The molecule has 0 saturated carbocycles. The predicted octanol–water partition coefficient (Wildman–Crippen LogP) is 5.92. The fourth-order valence-electron chi connectivity index (χ4n) is 3.24. The van der Waals surface area contributed by atoms with E-state index in [0.29, 0.717) is 0 Å². The maximum absolute atomic E-state index is 5.87. The maximum Gasteiger partial charge on any atom is 0.166 e. The monoisotopic (exact) mass is 345 g/mol. The van der Waals surface area contributed by atoms with Gasteiger partial charge in [-0.1, -0.05) is 66.4 Å². The molecule has 0 saturated heterocycles. The molecule has 0 aromatic heterocycles. The largest absolute Gasteiger partial charge is 0.489 e. The van der Waals surface area contributed by atoms with E-state index in [0.717, 1.165) is 10.7 Å². The number of ether oxygens (including phenoxy) is 1. The lowest BCUT2D eigenvalue weighted by molar-refractivity contribution is 0.326. The Morgan fingerprint density at radius 2 is 1.28 bits per heavy atom. The molecule has 1 aliphatic rings. The molecule has 0 bridgehead atoms. The number of hydrogen-bond acceptors (Lipinski definition) is 3. The van der Waals surface area contributed by atoms with Crippen LogP contribution >= 0.6 is 11.8 Å². The Hall–Kier alpha value is -2.65. The van der Waals surface area contributed by atoms with Gasteiger partial charge in [0.05, 0.1) is 7.11 Å². The van der Waals surface area contributed by atoms with Crippen LogP contribution in [0.3, 0.4) is 0 Å². The summed E-state index contributed by atoms with van der Waals surface area (Å²) in [7, 11) is 3.87. The van der Waals surface area contributed by atoms with Gasteiger partial charge in [0.2, 0.25) is 0 Å². The number of thioether (sulfide) groups is 1. The molecular weight excluding hydrogens is 326 g/mol. The molecule has 1 heterocycles. The fourth-order valence-corrected chi connectivity index (χ4v) is 4.15. The SMILES string of the molecule is COC(Sc1ccccc1)=C1c2ccccc2N(C)c2ccccc21. The summed E-state index contributed by atoms with van der Waals surface area (Å²) in [4.78, 5) is 3.41. The van der Waals surface area contributed by atoms with E-state index in [1.807, 2.05) is 6.07 Å². The summed E-state index contributed by atoms with van der Waals surface area (Å²) in [6.07, 6.45) is 0. The topological polar surface area (TPSA) is 12.5 Å². The van der Waals surface area contributed by atoms with Gasteiger partial charge in [0.25, 0.3) is 0 Å². The molecule has 0 unspecified atom stereocenters. The zero-order valence-electron chi connectivity index (χ0n) is 14.3. The van der Waals surface area contributed by atoms with Crippen LogP contribution in [0.5, 0.6) is 0 Å². The molecule has 4 rings (SSSR count). The van der Waals surface area contributed by atoms with E-state index in [-0.39, 0.29) is 0 Å². The number of benzene rings is 3. The molecule has 0 aliphatic carbocycles. The molecule has 25 heavy (non-hydrogen) atoms. The lowest BCUT2D eigenvalue weighted by Gasteiger charge is -2.32. The van der Waals surface area contributed by atoms with Gasteiger partial charge in [0, 0.05) is 40.0 Å². The third-order valence-electron chi connectivity index (χ3n) is 4.41. The van der Waals surface area contributed by atoms with Crippen LogP contribution in [0.25, 0.3) is 5.57 Å². The van der Waals surface area contributed by atoms with Crippen molar-refractivity contribution in [2.45, 2.75) is 4.90 Å². The van der Waals surface area contributed by atoms with Crippen LogP contribution in [0.4, 0.5) is 11.4 Å². The second-order valence-electron chi connectivity index (χ2n) is 5.88. The second kappa shape index (κ2) is 6.69. The first-order chi connectivity index (χ1) is 12.3. The molecule has 3 aromatic rings. The first-order valence-electron chi connectivity index (χ1n) is 8.23. The highest BCUT2D eigenvalue weighted by Gasteiger charge is 2.27. The average Bonchev–Trinajstić information content (AvgIpc) is 2.68. The van der Waals surface area contributed by atoms with Gasteiger partial charge in [-0.3, -0.25) is 0 Å². The Morgan fingerprint density at radius 1 is 0.760 bits per heavy atom. The minimum absolute atomic E-state index is 0.916. The standard InChI is InChI=1S/C22H19NOS/c1-23-19-14-8-6-12-17(19)21(18-13-7-9-15-20(18)23)22(24-2)25-16-10-4-3-5-11-16/h3-15H,1-2H3. The number of para-hydroxylation sites is 2. The van der Waals surface area contributed by atoms with Crippen LogP contribution < -0.4 is 4.90 Å². The molecule has 0 fully saturated rings. The van der Waals surface area contributed by atoms with E-state index in [4.69, 9.17) is 4.74 Å². The molecule has 0 atom stereocenters. The summed E-state index contributed by atoms with van der Waals surface area (Å²) >= 11 is 1.66. The van der Waals surface area contributed by atoms with Gasteiger partial charge in [-0.15, -0.1) is 0 Å². The smallest absolute Gasteiger partial charge is 0.166 e. The van der Waals surface area contributed by atoms with E-state index in [9.17, 15) is 0 Å². The van der Waals surface area contributed by atoms with Crippen LogP contribution in [-0.4, -0.2) is 14.2 Å². The predicted molar refractivity (Wildman–Crippen MR) is 106 cm³/mol. The van der Waals surface area contributed by atoms with Crippen molar-refractivity contribution in [1.82, 2.24) is 0 Å². The highest BCUT2D eigenvalue weighted by atomic mass is 32.2. The minimum Gasteiger partial charge on any atom is -0.489 e. The summed E-state index contributed by atoms with van der Waals surface area (Å²) in [5.41, 5.74) is 5.94. The lowest BCUT2D eigenvalue weighted by atomic mass is 9.91. The molecule has 3 aromatic carbocycles. The van der Waals surface area contributed by atoms with E-state index in [2.05, 4.69) is 84.7 Å². The van der Waals surface area contributed by atoms with Gasteiger partial charge in [0.15, 0.2) is 5.09 Å². The first-order valence-corrected chi connectivity index (χ1v) is 9.05. The molecule has 1 aliphatic heterocycles. The van der Waals surface area contributed by atoms with E-state index >= 15 is 0 Å². The van der Waals surface area contributed by atoms with Crippen molar-refractivity contribution in [2.24, 2.45) is 0 Å². The molecule has 0 amide bonds. The molecule has 0 spiro atoms. The number of nitrogens with zero attached hydrogens (tertiary/aromatic N) is 1. The quantitative estimate of drug-likeness (QED) is 0.431. The number of methoxy groups -OCH3 is 1. The second-order valence-corrected chi connectivity index (χ2v) is 6.92. The lowest BCUT2D eigenvalue weighted by Crippen LogP contribution is -2.18. The normalized spacial score (nSPS) is 12.4. The number of hydrogen-bond donors (Lipinski definition) is 0. The van der Waals surface area contributed by atoms with E-state index < -0.39 is 0 Å². The molecule has 124 valence electrons. The van der Waals surface area contributed by atoms with Crippen LogP contribution in [0.15, 0.2) is 88.8 Å². The molecule has 2 nitrogen and oxygen atoms in total. The van der Waals surface area contributed by atoms with Crippen molar-refractivity contribution >= 4 is 28.7 Å². The van der Waals surface area contributed by atoms with Crippen LogP contribution in [0.1, 0.15) is 11.1 Å². The summed E-state index contributed by atoms with van der Waals surface area (Å²) in [5, 5.41) is 0.916. The van der Waals surface area contributed by atoms with Gasteiger partial charge in [-0.25, -0.2) is 0 Å². The Kier molecular flexibility index (Phi) is 4.24. The highest BCUT2D eigenvalue weighted by molar-refractivity contribution is 8.03. The minimum atomic E-state index is 0.916. The highest BCUT2D eigenvalue weighted by Crippen LogP contribution is 2.47. The van der Waals surface area contributed by atoms with Crippen LogP contribution in [0, 0.1) is 0 Å². The van der Waals surface area contributed by atoms with Gasteiger partial charge in [-0.2, -0.15) is 0 Å². The number of anilines is 2. The van der Waals surface area contributed by atoms with Crippen molar-refractivity contribution in [3.05, 3.63) is 95.1 Å². The molecule has 0 N–H and O–H groups in total. The summed E-state index contributed by atoms with van der Waals surface area (Å²) < 4.78 is 5.87. The Balaban J connectivity index is 1.95. The third kappa shape index (κ3) is 2.81. The van der Waals surface area contributed by atoms with Crippen molar-refractivity contribution < 1.29 is 4.74 Å². The van der Waals surface area contributed by atoms with E-state index in [1.165, 1.54) is 27.4 Å². The van der Waals surface area contributed by atoms with Gasteiger partial charge in [0.1, 0.15) is 0 Å². The van der Waals surface area contributed by atoms with Gasteiger partial charge < -0.3 is 9.64 Å². The van der Waals surface area contributed by atoms with Gasteiger partial charge in [-0.05, 0) is 24.3 Å². The molecular formula is C22H19NOS. The third-order valence-corrected chi connectivity index (χ3v) is 5.48. The van der Waals surface area contributed by atoms with Crippen molar-refractivity contribution in [3.63, 3.8) is 0 Å². The van der Waals surface area contributed by atoms with Crippen LogP contribution in [-0.2, 0) is 4.74 Å². The first kappa shape index (κ1) is 15.9. The number of fused-ring (bicyclic) bond motifs is 2. The van der Waals surface area contributed by atoms with Crippen LogP contribution in [0.2, 0.25) is 0 Å². The molecule has 0 radical (unpaired) electrons. The van der Waals surface area contributed by atoms with Gasteiger partial charge >= 0.3 is 0 Å². The summed E-state index contributed by atoms with van der Waals surface area (Å²) in [5.74, 6) is 0. The van der Waals surface area contributed by atoms with Crippen molar-refractivity contribution in [3.8, 4) is 0 Å². The van der Waals surface area contributed by atoms with Crippen molar-refractivity contribution in [2.75, 3.05) is 19.1 Å². The number of rotatable bonds is 3. The maximum atomic E-state index is 5.87. The summed E-state index contributed by atoms with van der Waals surface area (Å²) in [6.45, 7) is 0. The Labute approximate surface area is 152 Å². The zero-order chi connectivity index (χ0) is 17.2. The molecule has 3 heteroatoms. The Bertz CT molecular complexity index is 884. The zero-order valence-corrected chi connectivity index (χ0v) is 15.1. The van der Waals surface area contributed by atoms with E-state index in [1.54, 1.807) is 18.9 Å². The van der Waals surface area contributed by atoms with Crippen molar-refractivity contribution in [1.29, 1.82) is 0 Å². The summed E-state index contributed by atoms with van der Waals surface area (Å²) in [6, 6.07) is 27.3. The average molecular weight is 345 g/mol.